The summed E-state index contributed by atoms with van der Waals surface area (Å²) >= 11 is 6.27. The van der Waals surface area contributed by atoms with Gasteiger partial charge in [0.1, 0.15) is 0 Å². The first-order valence-electron chi connectivity index (χ1n) is 6.70. The maximum atomic E-state index is 11.8. The number of hydrogen-bond donors (Lipinski definition) is 1. The molecule has 1 heterocycles. The number of nitrogens with two attached hydrogens (primary N) is 1. The number of rotatable bonds is 4. The smallest absolute Gasteiger partial charge is 0.273 e. The van der Waals surface area contributed by atoms with E-state index in [4.69, 9.17) is 17.3 Å². The second-order valence-corrected chi connectivity index (χ2v) is 5.71. The van der Waals surface area contributed by atoms with Crippen LogP contribution in [0.25, 0.3) is 5.69 Å². The van der Waals surface area contributed by atoms with E-state index in [1.165, 1.54) is 4.90 Å². The number of benzene rings is 1. The highest BCUT2D eigenvalue weighted by atomic mass is 35.5. The molecule has 2 aromatic rings. The summed E-state index contributed by atoms with van der Waals surface area (Å²) in [7, 11) is 3.39. The van der Waals surface area contributed by atoms with Crippen LogP contribution in [0.4, 0.5) is 0 Å². The van der Waals surface area contributed by atoms with Crippen LogP contribution in [-0.2, 0) is 6.42 Å². The van der Waals surface area contributed by atoms with Gasteiger partial charge in [0.05, 0.1) is 5.69 Å². The summed E-state index contributed by atoms with van der Waals surface area (Å²) in [6.45, 7) is 1.94. The Morgan fingerprint density at radius 2 is 2.14 bits per heavy atom. The lowest BCUT2D eigenvalue weighted by atomic mass is 10.1. The van der Waals surface area contributed by atoms with Gasteiger partial charge in [-0.15, -0.1) is 0 Å². The van der Waals surface area contributed by atoms with Gasteiger partial charge in [-0.25, -0.2) is 4.68 Å². The predicted octanol–water partition coefficient (Wildman–Crippen LogP) is 2.12. The van der Waals surface area contributed by atoms with Crippen LogP contribution in [0.3, 0.4) is 0 Å². The van der Waals surface area contributed by atoms with E-state index in [9.17, 15) is 4.79 Å². The van der Waals surface area contributed by atoms with Crippen molar-refractivity contribution in [3.63, 3.8) is 0 Å². The van der Waals surface area contributed by atoms with Crippen LogP contribution in [0.1, 0.15) is 23.0 Å². The molecule has 2 rings (SSSR count). The van der Waals surface area contributed by atoms with E-state index in [2.05, 4.69) is 5.10 Å². The average Bonchev–Trinajstić information content (AvgIpc) is 2.89. The Morgan fingerprint density at radius 3 is 2.71 bits per heavy atom. The van der Waals surface area contributed by atoms with E-state index in [0.29, 0.717) is 10.7 Å². The molecule has 112 valence electrons. The lowest BCUT2D eigenvalue weighted by Gasteiger charge is -2.10. The summed E-state index contributed by atoms with van der Waals surface area (Å²) in [6.07, 6.45) is 2.47. The molecule has 0 aliphatic rings. The molecule has 0 spiro atoms. The zero-order valence-corrected chi connectivity index (χ0v) is 13.1. The number of aromatic nitrogens is 2. The fourth-order valence-electron chi connectivity index (χ4n) is 2.00. The van der Waals surface area contributed by atoms with Crippen LogP contribution >= 0.6 is 11.6 Å². The van der Waals surface area contributed by atoms with E-state index < -0.39 is 0 Å². The Hall–Kier alpha value is -1.85. The van der Waals surface area contributed by atoms with Crippen molar-refractivity contribution in [2.45, 2.75) is 19.4 Å². The zero-order chi connectivity index (χ0) is 15.6. The number of carbonyl (C=O) groups excluding carboxylic acids is 1. The van der Waals surface area contributed by atoms with Gasteiger partial charge in [-0.1, -0.05) is 17.7 Å². The van der Waals surface area contributed by atoms with Gasteiger partial charge >= 0.3 is 0 Å². The van der Waals surface area contributed by atoms with Crippen molar-refractivity contribution in [1.29, 1.82) is 0 Å². The number of carbonyl (C=O) groups is 1. The number of hydrogen-bond acceptors (Lipinski definition) is 3. The van der Waals surface area contributed by atoms with E-state index in [1.807, 2.05) is 25.1 Å². The molecule has 2 N–H and O–H groups in total. The zero-order valence-electron chi connectivity index (χ0n) is 12.4. The molecule has 1 aromatic heterocycles. The highest BCUT2D eigenvalue weighted by Gasteiger charge is 2.12. The van der Waals surface area contributed by atoms with Crippen LogP contribution in [0, 0.1) is 0 Å². The van der Waals surface area contributed by atoms with E-state index in [1.54, 1.807) is 31.0 Å². The van der Waals surface area contributed by atoms with Crippen LogP contribution in [0.5, 0.6) is 0 Å². The summed E-state index contributed by atoms with van der Waals surface area (Å²) in [6, 6.07) is 7.43. The molecule has 0 radical (unpaired) electrons. The minimum atomic E-state index is -0.131. The van der Waals surface area contributed by atoms with Crippen molar-refractivity contribution in [3.05, 3.63) is 46.7 Å². The maximum Gasteiger partial charge on any atom is 0.273 e. The van der Waals surface area contributed by atoms with Crippen molar-refractivity contribution in [3.8, 4) is 5.69 Å². The lowest BCUT2D eigenvalue weighted by molar-refractivity contribution is 0.0821. The van der Waals surface area contributed by atoms with Crippen LogP contribution in [-0.4, -0.2) is 40.7 Å². The first-order valence-corrected chi connectivity index (χ1v) is 7.08. The first kappa shape index (κ1) is 15.5. The molecular weight excluding hydrogens is 288 g/mol. The molecule has 0 aliphatic heterocycles. The lowest BCUT2D eigenvalue weighted by Crippen LogP contribution is -2.22. The second kappa shape index (κ2) is 6.28. The Morgan fingerprint density at radius 1 is 1.43 bits per heavy atom. The standard InChI is InChI=1S/C15H19ClN4O/c1-10(17)8-11-4-5-12(9-13(11)16)20-7-6-14(18-20)15(21)19(2)3/h4-7,9-10H,8,17H2,1-3H3. The molecule has 0 fully saturated rings. The molecule has 1 atom stereocenters. The third-order valence-electron chi connectivity index (χ3n) is 3.06. The molecule has 21 heavy (non-hydrogen) atoms. The summed E-state index contributed by atoms with van der Waals surface area (Å²) in [5, 5.41) is 4.93. The normalized spacial score (nSPS) is 12.2. The third-order valence-corrected chi connectivity index (χ3v) is 3.41. The predicted molar refractivity (Wildman–Crippen MR) is 83.9 cm³/mol. The summed E-state index contributed by atoms with van der Waals surface area (Å²) in [5.74, 6) is -0.131. The van der Waals surface area contributed by atoms with Crippen molar-refractivity contribution in [2.24, 2.45) is 5.73 Å². The van der Waals surface area contributed by atoms with Gasteiger partial charge in [0, 0.05) is 31.4 Å². The van der Waals surface area contributed by atoms with Gasteiger partial charge in [0.15, 0.2) is 5.69 Å². The van der Waals surface area contributed by atoms with Crippen molar-refractivity contribution < 1.29 is 4.79 Å². The maximum absolute atomic E-state index is 11.8. The van der Waals surface area contributed by atoms with Gasteiger partial charge < -0.3 is 10.6 Å². The average molecular weight is 307 g/mol. The summed E-state index contributed by atoms with van der Waals surface area (Å²) < 4.78 is 1.64. The second-order valence-electron chi connectivity index (χ2n) is 5.30. The molecule has 0 saturated carbocycles. The van der Waals surface area contributed by atoms with Gasteiger partial charge in [0.25, 0.3) is 5.91 Å². The van der Waals surface area contributed by atoms with Crippen molar-refractivity contribution >= 4 is 17.5 Å². The molecule has 0 aliphatic carbocycles. The quantitative estimate of drug-likeness (QED) is 0.941. The molecule has 1 unspecified atom stereocenters. The van der Waals surface area contributed by atoms with Crippen molar-refractivity contribution in [2.75, 3.05) is 14.1 Å². The molecule has 0 saturated heterocycles. The summed E-state index contributed by atoms with van der Waals surface area (Å²) in [4.78, 5) is 13.3. The Bertz CT molecular complexity index is 649. The molecule has 1 aromatic carbocycles. The summed E-state index contributed by atoms with van der Waals surface area (Å²) in [5.41, 5.74) is 8.01. The van der Waals surface area contributed by atoms with Crippen molar-refractivity contribution in [1.82, 2.24) is 14.7 Å². The van der Waals surface area contributed by atoms with Gasteiger partial charge in [-0.3, -0.25) is 4.79 Å². The van der Waals surface area contributed by atoms with Crippen LogP contribution in [0.15, 0.2) is 30.5 Å². The van der Waals surface area contributed by atoms with E-state index >= 15 is 0 Å². The highest BCUT2D eigenvalue weighted by molar-refractivity contribution is 6.31. The fraction of sp³-hybridized carbons (Fsp3) is 0.333. The monoisotopic (exact) mass is 306 g/mol. The molecule has 5 nitrogen and oxygen atoms in total. The van der Waals surface area contributed by atoms with E-state index in [-0.39, 0.29) is 11.9 Å². The van der Waals surface area contributed by atoms with Gasteiger partial charge in [-0.2, -0.15) is 5.10 Å². The SMILES string of the molecule is CC(N)Cc1ccc(-n2ccc(C(=O)N(C)C)n2)cc1Cl. The van der Waals surface area contributed by atoms with Gasteiger partial charge in [-0.05, 0) is 37.1 Å². The van der Waals surface area contributed by atoms with Crippen LogP contribution in [0.2, 0.25) is 5.02 Å². The minimum absolute atomic E-state index is 0.0577. The van der Waals surface area contributed by atoms with Crippen LogP contribution < -0.4 is 5.73 Å². The Kier molecular flexibility index (Phi) is 4.65. The number of halogens is 1. The number of amides is 1. The minimum Gasteiger partial charge on any atom is -0.343 e. The van der Waals surface area contributed by atoms with Gasteiger partial charge in [0.2, 0.25) is 0 Å². The fourth-order valence-corrected chi connectivity index (χ4v) is 2.25. The first-order chi connectivity index (χ1) is 9.88. The topological polar surface area (TPSA) is 64.2 Å². The molecule has 1 amide bonds. The third kappa shape index (κ3) is 3.62. The largest absolute Gasteiger partial charge is 0.343 e. The molecule has 6 heteroatoms. The Balaban J connectivity index is 2.27. The highest BCUT2D eigenvalue weighted by Crippen LogP contribution is 2.21. The Labute approximate surface area is 129 Å². The molecule has 0 bridgehead atoms. The van der Waals surface area contributed by atoms with E-state index in [0.717, 1.165) is 17.7 Å². The molecular formula is C15H19ClN4O. The number of nitrogens with zero attached hydrogens (tertiary/aromatic N) is 3.